The highest BCUT2D eigenvalue weighted by atomic mass is 16.1. The van der Waals surface area contributed by atoms with Crippen molar-refractivity contribution >= 4 is 22.4 Å². The highest BCUT2D eigenvalue weighted by Gasteiger charge is 2.26. The van der Waals surface area contributed by atoms with Gasteiger partial charge in [-0.3, -0.25) is 9.69 Å². The Kier molecular flexibility index (Phi) is 4.98. The van der Waals surface area contributed by atoms with E-state index in [0.717, 1.165) is 48.9 Å². The van der Waals surface area contributed by atoms with Crippen LogP contribution in [0.2, 0.25) is 0 Å². The lowest BCUT2D eigenvalue weighted by atomic mass is 9.96. The number of piperidine rings is 1. The van der Waals surface area contributed by atoms with Crippen molar-refractivity contribution < 1.29 is 4.79 Å². The summed E-state index contributed by atoms with van der Waals surface area (Å²) in [5.74, 6) is 0.186. The van der Waals surface area contributed by atoms with Crippen LogP contribution in [0.4, 0.5) is 5.69 Å². The van der Waals surface area contributed by atoms with Crippen LogP contribution in [-0.2, 0) is 11.3 Å². The summed E-state index contributed by atoms with van der Waals surface area (Å²) in [6.45, 7) is 2.80. The molecule has 4 rings (SSSR count). The number of hydrogen-bond acceptors (Lipinski definition) is 2. The minimum Gasteiger partial charge on any atom is -0.325 e. The van der Waals surface area contributed by atoms with Crippen molar-refractivity contribution in [1.29, 1.82) is 0 Å². The van der Waals surface area contributed by atoms with E-state index in [0.29, 0.717) is 0 Å². The van der Waals surface area contributed by atoms with Crippen molar-refractivity contribution in [2.24, 2.45) is 5.92 Å². The van der Waals surface area contributed by atoms with Crippen molar-refractivity contribution in [3.63, 3.8) is 0 Å². The molecule has 0 aromatic heterocycles. The van der Waals surface area contributed by atoms with Crippen molar-refractivity contribution in [3.05, 3.63) is 78.4 Å². The molecule has 0 unspecified atom stereocenters. The molecule has 1 atom stereocenters. The Morgan fingerprint density at radius 3 is 2.62 bits per heavy atom. The van der Waals surface area contributed by atoms with E-state index in [1.165, 1.54) is 5.56 Å². The second-order valence-electron chi connectivity index (χ2n) is 7.08. The summed E-state index contributed by atoms with van der Waals surface area (Å²) >= 11 is 0. The highest BCUT2D eigenvalue weighted by Crippen LogP contribution is 2.25. The number of carbonyl (C=O) groups is 1. The van der Waals surface area contributed by atoms with Gasteiger partial charge < -0.3 is 5.32 Å². The van der Waals surface area contributed by atoms with Crippen molar-refractivity contribution in [2.75, 3.05) is 18.4 Å². The maximum atomic E-state index is 12.9. The summed E-state index contributed by atoms with van der Waals surface area (Å²) in [7, 11) is 0. The third-order valence-corrected chi connectivity index (χ3v) is 5.17. The van der Waals surface area contributed by atoms with Crippen LogP contribution in [0.5, 0.6) is 0 Å². The fourth-order valence-electron chi connectivity index (χ4n) is 3.82. The Hall–Kier alpha value is -2.65. The molecule has 3 aromatic carbocycles. The first kappa shape index (κ1) is 16.8. The molecule has 0 bridgehead atoms. The van der Waals surface area contributed by atoms with Crippen molar-refractivity contribution in [3.8, 4) is 0 Å². The molecule has 1 heterocycles. The van der Waals surface area contributed by atoms with Gasteiger partial charge in [0.25, 0.3) is 0 Å². The number of hydrogen-bond donors (Lipinski definition) is 1. The van der Waals surface area contributed by atoms with Gasteiger partial charge in [0.2, 0.25) is 5.91 Å². The Bertz CT molecular complexity index is 886. The summed E-state index contributed by atoms with van der Waals surface area (Å²) in [6, 6.07) is 24.7. The van der Waals surface area contributed by atoms with E-state index in [1.54, 1.807) is 0 Å². The number of carbonyl (C=O) groups excluding carboxylic acids is 1. The van der Waals surface area contributed by atoms with Crippen LogP contribution < -0.4 is 5.32 Å². The maximum absolute atomic E-state index is 12.9. The molecule has 1 N–H and O–H groups in total. The zero-order chi connectivity index (χ0) is 17.8. The molecule has 1 fully saturated rings. The number of likely N-dealkylation sites (tertiary alicyclic amines) is 1. The lowest BCUT2D eigenvalue weighted by Crippen LogP contribution is -2.40. The van der Waals surface area contributed by atoms with Crippen molar-refractivity contribution in [1.82, 2.24) is 4.90 Å². The molecule has 3 aromatic rings. The van der Waals surface area contributed by atoms with Gasteiger partial charge in [0, 0.05) is 24.2 Å². The second kappa shape index (κ2) is 7.71. The first-order valence-corrected chi connectivity index (χ1v) is 9.34. The summed E-state index contributed by atoms with van der Waals surface area (Å²) in [5.41, 5.74) is 2.22. The molecule has 26 heavy (non-hydrogen) atoms. The quantitative estimate of drug-likeness (QED) is 0.744. The van der Waals surface area contributed by atoms with Gasteiger partial charge in [-0.1, -0.05) is 66.7 Å². The van der Waals surface area contributed by atoms with E-state index in [4.69, 9.17) is 0 Å². The molecule has 0 saturated carbocycles. The Balaban J connectivity index is 1.44. The van der Waals surface area contributed by atoms with Gasteiger partial charge in [-0.25, -0.2) is 0 Å². The van der Waals surface area contributed by atoms with Gasteiger partial charge in [-0.2, -0.15) is 0 Å². The van der Waals surface area contributed by atoms with Gasteiger partial charge >= 0.3 is 0 Å². The molecule has 132 valence electrons. The normalized spacial score (nSPS) is 17.9. The third kappa shape index (κ3) is 3.78. The Labute approximate surface area is 154 Å². The zero-order valence-corrected chi connectivity index (χ0v) is 14.9. The summed E-state index contributed by atoms with van der Waals surface area (Å²) in [5, 5.41) is 5.42. The summed E-state index contributed by atoms with van der Waals surface area (Å²) in [6.07, 6.45) is 2.03. The van der Waals surface area contributed by atoms with Crippen LogP contribution in [0.3, 0.4) is 0 Å². The molecule has 3 heteroatoms. The lowest BCUT2D eigenvalue weighted by Gasteiger charge is -2.32. The van der Waals surface area contributed by atoms with Crippen LogP contribution >= 0.6 is 0 Å². The van der Waals surface area contributed by atoms with E-state index in [9.17, 15) is 4.79 Å². The predicted octanol–water partition coefficient (Wildman–Crippen LogP) is 4.69. The molecule has 1 aliphatic heterocycles. The van der Waals surface area contributed by atoms with E-state index in [2.05, 4.69) is 52.7 Å². The molecule has 1 amide bonds. The van der Waals surface area contributed by atoms with E-state index >= 15 is 0 Å². The molecule has 0 aliphatic carbocycles. The fourth-order valence-corrected chi connectivity index (χ4v) is 3.82. The molecule has 3 nitrogen and oxygen atoms in total. The largest absolute Gasteiger partial charge is 0.325 e. The van der Waals surface area contributed by atoms with Crippen LogP contribution in [0, 0.1) is 5.92 Å². The fraction of sp³-hybridized carbons (Fsp3) is 0.261. The van der Waals surface area contributed by atoms with Gasteiger partial charge in [0.1, 0.15) is 0 Å². The van der Waals surface area contributed by atoms with Crippen LogP contribution in [-0.4, -0.2) is 23.9 Å². The molecule has 1 aliphatic rings. The molecule has 0 radical (unpaired) electrons. The SMILES string of the molecule is O=C(Nc1cccc2ccccc12)[C@H]1CCCN(Cc2ccccc2)C1. The average molecular weight is 344 g/mol. The highest BCUT2D eigenvalue weighted by molar-refractivity contribution is 6.02. The average Bonchev–Trinajstić information content (AvgIpc) is 2.69. The number of amides is 1. The minimum atomic E-state index is 0.0476. The van der Waals surface area contributed by atoms with Crippen LogP contribution in [0.25, 0.3) is 10.8 Å². The predicted molar refractivity (Wildman–Crippen MR) is 107 cm³/mol. The van der Waals surface area contributed by atoms with Gasteiger partial charge in [-0.15, -0.1) is 0 Å². The number of rotatable bonds is 4. The number of benzene rings is 3. The van der Waals surface area contributed by atoms with E-state index in [-0.39, 0.29) is 11.8 Å². The lowest BCUT2D eigenvalue weighted by molar-refractivity contribution is -0.121. The molecular formula is C23H24N2O. The summed E-state index contributed by atoms with van der Waals surface area (Å²) < 4.78 is 0. The second-order valence-corrected chi connectivity index (χ2v) is 7.08. The molecule has 1 saturated heterocycles. The van der Waals surface area contributed by atoms with Crippen LogP contribution in [0.1, 0.15) is 18.4 Å². The third-order valence-electron chi connectivity index (χ3n) is 5.17. The number of fused-ring (bicyclic) bond motifs is 1. The molecular weight excluding hydrogens is 320 g/mol. The first-order valence-electron chi connectivity index (χ1n) is 9.34. The van der Waals surface area contributed by atoms with Crippen LogP contribution in [0.15, 0.2) is 72.8 Å². The topological polar surface area (TPSA) is 32.3 Å². The van der Waals surface area contributed by atoms with Gasteiger partial charge in [-0.05, 0) is 36.4 Å². The number of nitrogens with zero attached hydrogens (tertiary/aromatic N) is 1. The van der Waals surface area contributed by atoms with Crippen molar-refractivity contribution in [2.45, 2.75) is 19.4 Å². The maximum Gasteiger partial charge on any atom is 0.228 e. The Morgan fingerprint density at radius 1 is 0.962 bits per heavy atom. The minimum absolute atomic E-state index is 0.0476. The molecule has 0 spiro atoms. The van der Waals surface area contributed by atoms with Gasteiger partial charge in [0.15, 0.2) is 0 Å². The van der Waals surface area contributed by atoms with Gasteiger partial charge in [0.05, 0.1) is 5.92 Å². The number of anilines is 1. The smallest absolute Gasteiger partial charge is 0.228 e. The number of nitrogens with one attached hydrogen (secondary N) is 1. The monoisotopic (exact) mass is 344 g/mol. The Morgan fingerprint density at radius 2 is 1.73 bits per heavy atom. The standard InChI is InChI=1S/C23H24N2O/c26-23(24-22-14-6-11-19-10-4-5-13-21(19)22)20-12-7-15-25(17-20)16-18-8-2-1-3-9-18/h1-6,8-11,13-14,20H,7,12,15-17H2,(H,24,26)/t20-/m0/s1. The summed E-state index contributed by atoms with van der Waals surface area (Å²) in [4.78, 5) is 15.3. The zero-order valence-electron chi connectivity index (χ0n) is 14.9. The van der Waals surface area contributed by atoms with E-state index < -0.39 is 0 Å². The first-order chi connectivity index (χ1) is 12.8. The van der Waals surface area contributed by atoms with E-state index in [1.807, 2.05) is 30.3 Å².